The smallest absolute Gasteiger partial charge is 0.0474 e. The Morgan fingerprint density at radius 3 is 2.78 bits per heavy atom. The van der Waals surface area contributed by atoms with Crippen molar-refractivity contribution in [2.75, 3.05) is 13.7 Å². The summed E-state index contributed by atoms with van der Waals surface area (Å²) in [7, 11) is 1.97. The van der Waals surface area contributed by atoms with Crippen LogP contribution in [0.4, 0.5) is 0 Å². The standard InChI is InChI=1S/C7H15NO/c1-8-7-4-2-3-6(7)5-9/h6-9H,2-5H2,1H3. The molecule has 2 atom stereocenters. The van der Waals surface area contributed by atoms with Crippen LogP contribution in [0.5, 0.6) is 0 Å². The molecule has 2 heteroatoms. The lowest BCUT2D eigenvalue weighted by Crippen LogP contribution is -2.30. The molecule has 2 unspecified atom stereocenters. The zero-order valence-corrected chi connectivity index (χ0v) is 5.93. The van der Waals surface area contributed by atoms with Crippen LogP contribution in [-0.2, 0) is 0 Å². The molecule has 0 aliphatic heterocycles. The van der Waals surface area contributed by atoms with Gasteiger partial charge in [0.2, 0.25) is 0 Å². The maximum absolute atomic E-state index is 8.83. The molecule has 0 amide bonds. The molecule has 0 heterocycles. The first-order valence-corrected chi connectivity index (χ1v) is 3.66. The molecule has 0 spiro atoms. The normalized spacial score (nSPS) is 35.3. The van der Waals surface area contributed by atoms with Crippen molar-refractivity contribution in [1.82, 2.24) is 5.32 Å². The van der Waals surface area contributed by atoms with Gasteiger partial charge in [0.1, 0.15) is 0 Å². The van der Waals surface area contributed by atoms with Crippen molar-refractivity contribution < 1.29 is 5.11 Å². The van der Waals surface area contributed by atoms with Gasteiger partial charge in [0.05, 0.1) is 0 Å². The summed E-state index contributed by atoms with van der Waals surface area (Å²) in [6.07, 6.45) is 3.71. The van der Waals surface area contributed by atoms with Crippen LogP contribution >= 0.6 is 0 Å². The average molecular weight is 129 g/mol. The number of hydrogen-bond acceptors (Lipinski definition) is 2. The van der Waals surface area contributed by atoms with Crippen molar-refractivity contribution in [2.45, 2.75) is 25.3 Å². The highest BCUT2D eigenvalue weighted by Gasteiger charge is 2.24. The molecule has 0 aromatic carbocycles. The molecule has 1 aliphatic rings. The first-order chi connectivity index (χ1) is 4.38. The van der Waals surface area contributed by atoms with Crippen LogP contribution in [0.25, 0.3) is 0 Å². The van der Waals surface area contributed by atoms with E-state index in [1.165, 1.54) is 19.3 Å². The second-order valence-electron chi connectivity index (χ2n) is 2.77. The van der Waals surface area contributed by atoms with E-state index in [2.05, 4.69) is 5.32 Å². The summed E-state index contributed by atoms with van der Waals surface area (Å²) in [6, 6.07) is 0.579. The van der Waals surface area contributed by atoms with Gasteiger partial charge in [-0.3, -0.25) is 0 Å². The highest BCUT2D eigenvalue weighted by molar-refractivity contribution is 4.80. The Hall–Kier alpha value is -0.0800. The van der Waals surface area contributed by atoms with Crippen LogP contribution in [0.15, 0.2) is 0 Å². The van der Waals surface area contributed by atoms with Crippen LogP contribution in [0.3, 0.4) is 0 Å². The summed E-state index contributed by atoms with van der Waals surface area (Å²) in [4.78, 5) is 0. The molecule has 1 saturated carbocycles. The summed E-state index contributed by atoms with van der Waals surface area (Å²) < 4.78 is 0. The number of aliphatic hydroxyl groups is 1. The van der Waals surface area contributed by atoms with Crippen molar-refractivity contribution in [3.05, 3.63) is 0 Å². The fraction of sp³-hybridized carbons (Fsp3) is 1.00. The van der Waals surface area contributed by atoms with E-state index in [0.29, 0.717) is 18.6 Å². The lowest BCUT2D eigenvalue weighted by molar-refractivity contribution is 0.209. The predicted molar refractivity (Wildman–Crippen MR) is 37.3 cm³/mol. The monoisotopic (exact) mass is 129 g/mol. The lowest BCUT2D eigenvalue weighted by atomic mass is 10.1. The van der Waals surface area contributed by atoms with Gasteiger partial charge in [-0.2, -0.15) is 0 Å². The average Bonchev–Trinajstić information content (AvgIpc) is 2.33. The summed E-state index contributed by atoms with van der Waals surface area (Å²) >= 11 is 0. The van der Waals surface area contributed by atoms with Crippen LogP contribution in [0.2, 0.25) is 0 Å². The van der Waals surface area contributed by atoms with Gasteiger partial charge in [-0.15, -0.1) is 0 Å². The molecule has 0 saturated heterocycles. The molecule has 2 nitrogen and oxygen atoms in total. The second kappa shape index (κ2) is 3.18. The number of aliphatic hydroxyl groups excluding tert-OH is 1. The lowest BCUT2D eigenvalue weighted by Gasteiger charge is -2.15. The van der Waals surface area contributed by atoms with Gasteiger partial charge < -0.3 is 10.4 Å². The van der Waals surface area contributed by atoms with Crippen LogP contribution < -0.4 is 5.32 Å². The van der Waals surface area contributed by atoms with Crippen LogP contribution in [-0.4, -0.2) is 24.8 Å². The Balaban J connectivity index is 2.32. The van der Waals surface area contributed by atoms with E-state index in [4.69, 9.17) is 5.11 Å². The maximum Gasteiger partial charge on any atom is 0.0474 e. The summed E-state index contributed by atoms with van der Waals surface area (Å²) in [5.41, 5.74) is 0. The van der Waals surface area contributed by atoms with Crippen molar-refractivity contribution in [3.8, 4) is 0 Å². The largest absolute Gasteiger partial charge is 0.396 e. The predicted octanol–water partition coefficient (Wildman–Crippen LogP) is 0.367. The molecule has 0 aromatic heterocycles. The second-order valence-corrected chi connectivity index (χ2v) is 2.77. The third-order valence-electron chi connectivity index (χ3n) is 2.26. The first-order valence-electron chi connectivity index (χ1n) is 3.66. The molecule has 9 heavy (non-hydrogen) atoms. The minimum Gasteiger partial charge on any atom is -0.396 e. The SMILES string of the molecule is CNC1CCCC1CO. The molecule has 2 N–H and O–H groups in total. The third-order valence-corrected chi connectivity index (χ3v) is 2.26. The number of rotatable bonds is 2. The van der Waals surface area contributed by atoms with E-state index in [1.807, 2.05) is 7.05 Å². The third kappa shape index (κ3) is 1.43. The van der Waals surface area contributed by atoms with Gasteiger partial charge in [0, 0.05) is 12.6 Å². The highest BCUT2D eigenvalue weighted by atomic mass is 16.3. The minimum absolute atomic E-state index is 0.353. The quantitative estimate of drug-likeness (QED) is 0.564. The van der Waals surface area contributed by atoms with Gasteiger partial charge >= 0.3 is 0 Å². The maximum atomic E-state index is 8.83. The molecule has 1 aliphatic carbocycles. The highest BCUT2D eigenvalue weighted by Crippen LogP contribution is 2.24. The number of nitrogens with one attached hydrogen (secondary N) is 1. The Morgan fingerprint density at radius 1 is 1.56 bits per heavy atom. The van der Waals surface area contributed by atoms with E-state index >= 15 is 0 Å². The molecular weight excluding hydrogens is 114 g/mol. The zero-order valence-electron chi connectivity index (χ0n) is 5.93. The molecule has 1 fully saturated rings. The van der Waals surface area contributed by atoms with E-state index in [-0.39, 0.29) is 0 Å². The van der Waals surface area contributed by atoms with Crippen molar-refractivity contribution >= 4 is 0 Å². The van der Waals surface area contributed by atoms with Gasteiger partial charge in [-0.25, -0.2) is 0 Å². The Labute approximate surface area is 56.3 Å². The Morgan fingerprint density at radius 2 is 2.33 bits per heavy atom. The minimum atomic E-state index is 0.353. The first kappa shape index (κ1) is 7.03. The van der Waals surface area contributed by atoms with Crippen molar-refractivity contribution in [1.29, 1.82) is 0 Å². The molecule has 0 aromatic rings. The fourth-order valence-electron chi connectivity index (χ4n) is 1.64. The number of hydrogen-bond donors (Lipinski definition) is 2. The molecule has 1 rings (SSSR count). The van der Waals surface area contributed by atoms with Gasteiger partial charge in [-0.1, -0.05) is 6.42 Å². The fourth-order valence-corrected chi connectivity index (χ4v) is 1.64. The van der Waals surface area contributed by atoms with Gasteiger partial charge in [-0.05, 0) is 25.8 Å². The molecule has 54 valence electrons. The van der Waals surface area contributed by atoms with E-state index in [1.54, 1.807) is 0 Å². The zero-order chi connectivity index (χ0) is 6.69. The van der Waals surface area contributed by atoms with Gasteiger partial charge in [0.25, 0.3) is 0 Å². The van der Waals surface area contributed by atoms with Gasteiger partial charge in [0.15, 0.2) is 0 Å². The molecular formula is C7H15NO. The molecule has 0 radical (unpaired) electrons. The van der Waals surface area contributed by atoms with Crippen LogP contribution in [0.1, 0.15) is 19.3 Å². The van der Waals surface area contributed by atoms with E-state index in [9.17, 15) is 0 Å². The summed E-state index contributed by atoms with van der Waals surface area (Å²) in [6.45, 7) is 0.353. The Bertz CT molecular complexity index is 75.0. The summed E-state index contributed by atoms with van der Waals surface area (Å²) in [5, 5.41) is 12.0. The Kier molecular flexibility index (Phi) is 2.49. The van der Waals surface area contributed by atoms with Crippen LogP contribution in [0, 0.1) is 5.92 Å². The van der Waals surface area contributed by atoms with E-state index in [0.717, 1.165) is 0 Å². The van der Waals surface area contributed by atoms with Crippen molar-refractivity contribution in [2.24, 2.45) is 5.92 Å². The van der Waals surface area contributed by atoms with E-state index < -0.39 is 0 Å². The summed E-state index contributed by atoms with van der Waals surface area (Å²) in [5.74, 6) is 0.523. The topological polar surface area (TPSA) is 32.3 Å². The molecule has 0 bridgehead atoms. The van der Waals surface area contributed by atoms with Crippen molar-refractivity contribution in [3.63, 3.8) is 0 Å².